The fourth-order valence-corrected chi connectivity index (χ4v) is 1.19. The van der Waals surface area contributed by atoms with Crippen molar-refractivity contribution < 1.29 is 9.18 Å². The second-order valence-corrected chi connectivity index (χ2v) is 3.81. The van der Waals surface area contributed by atoms with E-state index in [2.05, 4.69) is 21.2 Å². The maximum absolute atomic E-state index is 12.8. The van der Waals surface area contributed by atoms with Crippen molar-refractivity contribution in [2.75, 3.05) is 19.4 Å². The molecule has 1 N–H and O–H groups in total. The smallest absolute Gasteiger partial charge is 0.321 e. The Hall–Kier alpha value is -1.10. The Morgan fingerprint density at radius 1 is 1.50 bits per heavy atom. The molecule has 0 fully saturated rings. The van der Waals surface area contributed by atoms with Crippen molar-refractivity contribution in [2.45, 2.75) is 0 Å². The lowest BCUT2D eigenvalue weighted by Crippen LogP contribution is -2.27. The van der Waals surface area contributed by atoms with Crippen molar-refractivity contribution in [1.82, 2.24) is 4.90 Å². The first kappa shape index (κ1) is 11.0. The second kappa shape index (κ2) is 4.41. The molecule has 0 bridgehead atoms. The monoisotopic (exact) mass is 260 g/mol. The van der Waals surface area contributed by atoms with E-state index >= 15 is 0 Å². The number of carbonyl (C=O) groups excluding carboxylic acids is 1. The Morgan fingerprint density at radius 2 is 2.14 bits per heavy atom. The van der Waals surface area contributed by atoms with Crippen LogP contribution < -0.4 is 5.32 Å². The molecule has 5 heteroatoms. The van der Waals surface area contributed by atoms with E-state index in [9.17, 15) is 9.18 Å². The van der Waals surface area contributed by atoms with Crippen molar-refractivity contribution in [1.29, 1.82) is 0 Å². The Morgan fingerprint density at radius 3 is 2.64 bits per heavy atom. The van der Waals surface area contributed by atoms with Crippen molar-refractivity contribution in [3.63, 3.8) is 0 Å². The van der Waals surface area contributed by atoms with E-state index in [1.165, 1.54) is 23.1 Å². The molecule has 2 amide bonds. The van der Waals surface area contributed by atoms with Gasteiger partial charge in [0, 0.05) is 19.8 Å². The molecule has 1 rings (SSSR count). The molecule has 14 heavy (non-hydrogen) atoms. The Labute approximate surface area is 90.0 Å². The lowest BCUT2D eigenvalue weighted by molar-refractivity contribution is 0.230. The zero-order valence-corrected chi connectivity index (χ0v) is 9.43. The lowest BCUT2D eigenvalue weighted by Gasteiger charge is -2.12. The quantitative estimate of drug-likeness (QED) is 0.828. The number of amides is 2. The molecule has 76 valence electrons. The molecule has 3 nitrogen and oxygen atoms in total. The minimum absolute atomic E-state index is 0.247. The first-order valence-corrected chi connectivity index (χ1v) is 4.73. The van der Waals surface area contributed by atoms with Gasteiger partial charge in [0.2, 0.25) is 0 Å². The van der Waals surface area contributed by atoms with Crippen LogP contribution in [-0.4, -0.2) is 25.0 Å². The highest BCUT2D eigenvalue weighted by Gasteiger charge is 2.05. The number of anilines is 1. The van der Waals surface area contributed by atoms with Crippen molar-refractivity contribution in [3.05, 3.63) is 28.5 Å². The Bertz CT molecular complexity index is 355. The van der Waals surface area contributed by atoms with Gasteiger partial charge in [0.15, 0.2) is 0 Å². The van der Waals surface area contributed by atoms with Gasteiger partial charge in [0.25, 0.3) is 0 Å². The summed E-state index contributed by atoms with van der Waals surface area (Å²) >= 11 is 3.03. The average molecular weight is 261 g/mol. The predicted octanol–water partition coefficient (Wildman–Crippen LogP) is 2.68. The van der Waals surface area contributed by atoms with Crippen LogP contribution in [0.1, 0.15) is 0 Å². The molecule has 1 aromatic carbocycles. The summed E-state index contributed by atoms with van der Waals surface area (Å²) in [5.74, 6) is -0.354. The fraction of sp³-hybridized carbons (Fsp3) is 0.222. The number of benzene rings is 1. The summed E-state index contributed by atoms with van der Waals surface area (Å²) in [7, 11) is 3.27. The molecule has 0 aliphatic heterocycles. The van der Waals surface area contributed by atoms with Gasteiger partial charge in [-0.1, -0.05) is 0 Å². The zero-order chi connectivity index (χ0) is 10.7. The number of rotatable bonds is 1. The van der Waals surface area contributed by atoms with Crippen molar-refractivity contribution >= 4 is 27.6 Å². The first-order chi connectivity index (χ1) is 6.50. The van der Waals surface area contributed by atoms with Gasteiger partial charge in [-0.25, -0.2) is 9.18 Å². The van der Waals surface area contributed by atoms with Gasteiger partial charge in [-0.05, 0) is 34.1 Å². The second-order valence-electron chi connectivity index (χ2n) is 2.95. The van der Waals surface area contributed by atoms with E-state index in [0.29, 0.717) is 10.2 Å². The van der Waals surface area contributed by atoms with Crippen LogP contribution in [0.4, 0.5) is 14.9 Å². The van der Waals surface area contributed by atoms with E-state index in [1.54, 1.807) is 14.1 Å². The van der Waals surface area contributed by atoms with Crippen LogP contribution in [0.3, 0.4) is 0 Å². The van der Waals surface area contributed by atoms with Gasteiger partial charge in [0.1, 0.15) is 5.82 Å². The summed E-state index contributed by atoms with van der Waals surface area (Å²) < 4.78 is 13.2. The molecule has 0 aliphatic carbocycles. The minimum Gasteiger partial charge on any atom is -0.331 e. The van der Waals surface area contributed by atoms with Gasteiger partial charge in [-0.15, -0.1) is 0 Å². The topological polar surface area (TPSA) is 32.3 Å². The standard InChI is InChI=1S/C9H10BrFN2O/c1-13(2)9(14)12-6-3-4-8(11)7(10)5-6/h3-5H,1-2H3,(H,12,14). The first-order valence-electron chi connectivity index (χ1n) is 3.94. The van der Waals surface area contributed by atoms with E-state index in [1.807, 2.05) is 0 Å². The van der Waals surface area contributed by atoms with Crippen LogP contribution in [0, 0.1) is 5.82 Å². The summed E-state index contributed by atoms with van der Waals surface area (Å²) in [6.45, 7) is 0. The third-order valence-corrected chi connectivity index (χ3v) is 2.18. The van der Waals surface area contributed by atoms with Gasteiger partial charge in [0.05, 0.1) is 4.47 Å². The molecule has 0 atom stereocenters. The molecular formula is C9H10BrFN2O. The molecule has 0 heterocycles. The molecule has 1 aromatic rings. The van der Waals surface area contributed by atoms with E-state index in [-0.39, 0.29) is 11.8 Å². The van der Waals surface area contributed by atoms with E-state index in [0.717, 1.165) is 0 Å². The third-order valence-electron chi connectivity index (χ3n) is 1.58. The van der Waals surface area contributed by atoms with Crippen molar-refractivity contribution in [3.8, 4) is 0 Å². The maximum Gasteiger partial charge on any atom is 0.321 e. The average Bonchev–Trinajstić information content (AvgIpc) is 2.11. The maximum atomic E-state index is 12.8. The molecule has 0 spiro atoms. The van der Waals surface area contributed by atoms with E-state index < -0.39 is 0 Å². The highest BCUT2D eigenvalue weighted by molar-refractivity contribution is 9.10. The number of nitrogens with one attached hydrogen (secondary N) is 1. The summed E-state index contributed by atoms with van der Waals surface area (Å²) in [6, 6.07) is 4.05. The number of carbonyl (C=O) groups is 1. The highest BCUT2D eigenvalue weighted by Crippen LogP contribution is 2.19. The van der Waals surface area contributed by atoms with Crippen LogP contribution in [0.2, 0.25) is 0 Å². The number of hydrogen-bond donors (Lipinski definition) is 1. The van der Waals surface area contributed by atoms with E-state index in [4.69, 9.17) is 0 Å². The molecule has 0 aromatic heterocycles. The third kappa shape index (κ3) is 2.70. The van der Waals surface area contributed by atoms with Crippen LogP contribution in [0.15, 0.2) is 22.7 Å². The number of urea groups is 1. The van der Waals surface area contributed by atoms with Gasteiger partial charge < -0.3 is 10.2 Å². The summed E-state index contributed by atoms with van der Waals surface area (Å²) in [5.41, 5.74) is 0.553. The fourth-order valence-electron chi connectivity index (χ4n) is 0.809. The molecule has 0 saturated heterocycles. The largest absolute Gasteiger partial charge is 0.331 e. The number of hydrogen-bond acceptors (Lipinski definition) is 1. The molecule has 0 saturated carbocycles. The Balaban J connectivity index is 2.78. The summed E-state index contributed by atoms with van der Waals surface area (Å²) in [5, 5.41) is 2.60. The van der Waals surface area contributed by atoms with Crippen LogP contribution in [0.5, 0.6) is 0 Å². The van der Waals surface area contributed by atoms with Crippen LogP contribution in [0.25, 0.3) is 0 Å². The zero-order valence-electron chi connectivity index (χ0n) is 7.84. The molecule has 0 radical (unpaired) electrons. The molecule has 0 aliphatic rings. The summed E-state index contributed by atoms with van der Waals surface area (Å²) in [4.78, 5) is 12.6. The SMILES string of the molecule is CN(C)C(=O)Nc1ccc(F)c(Br)c1. The number of nitrogens with zero attached hydrogens (tertiary/aromatic N) is 1. The normalized spacial score (nSPS) is 9.71. The van der Waals surface area contributed by atoms with Crippen LogP contribution >= 0.6 is 15.9 Å². The number of halogens is 2. The Kier molecular flexibility index (Phi) is 3.46. The lowest BCUT2D eigenvalue weighted by atomic mass is 10.3. The highest BCUT2D eigenvalue weighted by atomic mass is 79.9. The van der Waals surface area contributed by atoms with Gasteiger partial charge in [-0.3, -0.25) is 0 Å². The molecular weight excluding hydrogens is 251 g/mol. The van der Waals surface area contributed by atoms with Crippen LogP contribution in [-0.2, 0) is 0 Å². The minimum atomic E-state index is -0.354. The van der Waals surface area contributed by atoms with Gasteiger partial charge in [-0.2, -0.15) is 0 Å². The molecule has 0 unspecified atom stereocenters. The predicted molar refractivity (Wildman–Crippen MR) is 56.8 cm³/mol. The van der Waals surface area contributed by atoms with Crippen molar-refractivity contribution in [2.24, 2.45) is 0 Å². The summed E-state index contributed by atoms with van der Waals surface area (Å²) in [6.07, 6.45) is 0. The van der Waals surface area contributed by atoms with Gasteiger partial charge >= 0.3 is 6.03 Å².